The Hall–Kier alpha value is -2.12. The Labute approximate surface area is 153 Å². The number of likely N-dealkylation sites (tertiary alicyclic amines) is 1. The van der Waals surface area contributed by atoms with E-state index in [2.05, 4.69) is 42.8 Å². The van der Waals surface area contributed by atoms with Crippen LogP contribution in [0.1, 0.15) is 12.8 Å². The van der Waals surface area contributed by atoms with Crippen molar-refractivity contribution in [2.24, 2.45) is 0 Å². The Morgan fingerprint density at radius 3 is 2.88 bits per heavy atom. The minimum absolute atomic E-state index is 0.176. The zero-order valence-electron chi connectivity index (χ0n) is 13.9. The van der Waals surface area contributed by atoms with E-state index in [1.165, 1.54) is 0 Å². The molecular formula is C18H19BrN4O2. The van der Waals surface area contributed by atoms with Crippen LogP contribution in [0.25, 0.3) is 22.4 Å². The number of benzene rings is 1. The number of piperidine rings is 1. The van der Waals surface area contributed by atoms with Crippen LogP contribution in [0.5, 0.6) is 5.75 Å². The molecule has 0 radical (unpaired) electrons. The molecule has 2 aromatic heterocycles. The van der Waals surface area contributed by atoms with Crippen molar-refractivity contribution < 1.29 is 4.74 Å². The quantitative estimate of drug-likeness (QED) is 0.705. The van der Waals surface area contributed by atoms with Gasteiger partial charge in [-0.25, -0.2) is 4.98 Å². The fraction of sp³-hybridized carbons (Fsp3) is 0.333. The van der Waals surface area contributed by atoms with Crippen molar-refractivity contribution in [3.8, 4) is 17.1 Å². The van der Waals surface area contributed by atoms with E-state index in [1.807, 2.05) is 18.2 Å². The normalized spacial score (nSPS) is 16.4. The first-order valence-electron chi connectivity index (χ1n) is 8.32. The molecule has 0 aliphatic carbocycles. The number of hydrogen-bond acceptors (Lipinski definition) is 4. The van der Waals surface area contributed by atoms with Gasteiger partial charge in [-0.1, -0.05) is 0 Å². The van der Waals surface area contributed by atoms with Crippen molar-refractivity contribution in [2.45, 2.75) is 18.9 Å². The van der Waals surface area contributed by atoms with Crippen LogP contribution in [0.2, 0.25) is 0 Å². The number of H-pyrrole nitrogens is 2. The predicted molar refractivity (Wildman–Crippen MR) is 101 cm³/mol. The lowest BCUT2D eigenvalue weighted by Gasteiger charge is -2.29. The second-order valence-corrected chi connectivity index (χ2v) is 7.36. The molecule has 4 rings (SSSR count). The summed E-state index contributed by atoms with van der Waals surface area (Å²) in [5, 5.41) is 0. The maximum absolute atomic E-state index is 12.0. The maximum Gasteiger partial charge on any atom is 0.259 e. The van der Waals surface area contributed by atoms with Crippen LogP contribution in [0.3, 0.4) is 0 Å². The first-order chi connectivity index (χ1) is 12.1. The molecule has 2 N–H and O–H groups in total. The Morgan fingerprint density at radius 1 is 1.28 bits per heavy atom. The van der Waals surface area contributed by atoms with E-state index in [1.54, 1.807) is 12.3 Å². The zero-order chi connectivity index (χ0) is 17.4. The number of imidazole rings is 1. The topological polar surface area (TPSA) is 74.0 Å². The Morgan fingerprint density at radius 2 is 2.08 bits per heavy atom. The smallest absolute Gasteiger partial charge is 0.259 e. The largest absolute Gasteiger partial charge is 0.490 e. The van der Waals surface area contributed by atoms with Gasteiger partial charge in [0.05, 0.1) is 16.6 Å². The van der Waals surface area contributed by atoms with Crippen molar-refractivity contribution >= 4 is 27.0 Å². The summed E-state index contributed by atoms with van der Waals surface area (Å²) in [6, 6.07) is 7.59. The number of aromatic amines is 2. The van der Waals surface area contributed by atoms with Crippen LogP contribution in [0.4, 0.5) is 0 Å². The fourth-order valence-corrected chi connectivity index (χ4v) is 3.46. The third kappa shape index (κ3) is 3.48. The first-order valence-corrected chi connectivity index (χ1v) is 9.11. The number of aromatic nitrogens is 3. The summed E-state index contributed by atoms with van der Waals surface area (Å²) >= 11 is 3.37. The van der Waals surface area contributed by atoms with Gasteiger partial charge in [-0.3, -0.25) is 4.79 Å². The summed E-state index contributed by atoms with van der Waals surface area (Å²) < 4.78 is 6.91. The molecule has 130 valence electrons. The highest BCUT2D eigenvalue weighted by molar-refractivity contribution is 9.10. The molecule has 3 aromatic rings. The summed E-state index contributed by atoms with van der Waals surface area (Å²) in [6.07, 6.45) is 3.93. The average Bonchev–Trinajstić information content (AvgIpc) is 3.02. The van der Waals surface area contributed by atoms with Crippen LogP contribution in [-0.4, -0.2) is 46.1 Å². The van der Waals surface area contributed by atoms with Gasteiger partial charge in [-0.05, 0) is 54.0 Å². The van der Waals surface area contributed by atoms with Gasteiger partial charge in [0.15, 0.2) is 0 Å². The number of pyridine rings is 1. The molecule has 1 aliphatic rings. The van der Waals surface area contributed by atoms with E-state index in [0.29, 0.717) is 11.4 Å². The zero-order valence-corrected chi connectivity index (χ0v) is 15.5. The molecule has 1 fully saturated rings. The number of nitrogens with one attached hydrogen (secondary N) is 2. The molecule has 1 aromatic carbocycles. The van der Waals surface area contributed by atoms with Crippen molar-refractivity contribution in [1.29, 1.82) is 0 Å². The van der Waals surface area contributed by atoms with E-state index in [9.17, 15) is 4.79 Å². The maximum atomic E-state index is 12.0. The first kappa shape index (κ1) is 16.4. The fourth-order valence-electron chi connectivity index (χ4n) is 3.11. The van der Waals surface area contributed by atoms with Crippen LogP contribution in [0, 0.1) is 0 Å². The molecule has 6 nitrogen and oxygen atoms in total. The number of hydrogen-bond donors (Lipinski definition) is 2. The molecular weight excluding hydrogens is 384 g/mol. The van der Waals surface area contributed by atoms with Gasteiger partial charge in [0.2, 0.25) is 0 Å². The molecule has 1 aliphatic heterocycles. The van der Waals surface area contributed by atoms with Crippen LogP contribution >= 0.6 is 15.9 Å². The van der Waals surface area contributed by atoms with E-state index < -0.39 is 0 Å². The minimum Gasteiger partial charge on any atom is -0.490 e. The number of nitrogens with zero attached hydrogens (tertiary/aromatic N) is 2. The van der Waals surface area contributed by atoms with Crippen LogP contribution in [0.15, 0.2) is 39.7 Å². The molecule has 0 spiro atoms. The van der Waals surface area contributed by atoms with Crippen LogP contribution in [-0.2, 0) is 0 Å². The highest BCUT2D eigenvalue weighted by Crippen LogP contribution is 2.25. The lowest BCUT2D eigenvalue weighted by atomic mass is 10.1. The molecule has 25 heavy (non-hydrogen) atoms. The molecule has 0 amide bonds. The third-order valence-electron chi connectivity index (χ3n) is 4.55. The van der Waals surface area contributed by atoms with Gasteiger partial charge < -0.3 is 19.6 Å². The van der Waals surface area contributed by atoms with E-state index >= 15 is 0 Å². The number of rotatable bonds is 3. The van der Waals surface area contributed by atoms with Crippen LogP contribution < -0.4 is 10.3 Å². The second kappa shape index (κ2) is 6.65. The Bertz CT molecular complexity index is 957. The Balaban J connectivity index is 1.61. The van der Waals surface area contributed by atoms with Gasteiger partial charge in [0.1, 0.15) is 17.7 Å². The van der Waals surface area contributed by atoms with Gasteiger partial charge in [0, 0.05) is 29.8 Å². The molecule has 0 saturated carbocycles. The van der Waals surface area contributed by atoms with Crippen molar-refractivity contribution in [1.82, 2.24) is 19.9 Å². The molecule has 1 saturated heterocycles. The van der Waals surface area contributed by atoms with E-state index in [-0.39, 0.29) is 11.7 Å². The van der Waals surface area contributed by atoms with Crippen molar-refractivity contribution in [3.05, 3.63) is 45.3 Å². The summed E-state index contributed by atoms with van der Waals surface area (Å²) in [6.45, 7) is 2.12. The average molecular weight is 403 g/mol. The molecule has 7 heteroatoms. The lowest BCUT2D eigenvalue weighted by molar-refractivity contribution is 0.114. The highest BCUT2D eigenvalue weighted by Gasteiger charge is 2.18. The Kier molecular flexibility index (Phi) is 4.35. The molecule has 0 bridgehead atoms. The summed E-state index contributed by atoms with van der Waals surface area (Å²) in [5.41, 5.74) is 2.00. The van der Waals surface area contributed by atoms with Gasteiger partial charge >= 0.3 is 0 Å². The standard InChI is InChI=1S/C18H19BrN4O2/c1-23-6-4-12(5-7-23)25-13-2-3-15-16(9-13)22-17(21-15)14-8-11(19)10-20-18(14)24/h2-3,8-10,12H,4-7H2,1H3,(H,20,24)(H,21,22). The van der Waals surface area contributed by atoms with Gasteiger partial charge in [-0.2, -0.15) is 0 Å². The summed E-state index contributed by atoms with van der Waals surface area (Å²) in [7, 11) is 2.14. The second-order valence-electron chi connectivity index (χ2n) is 6.45. The molecule has 3 heterocycles. The predicted octanol–water partition coefficient (Wildman–Crippen LogP) is 3.15. The summed E-state index contributed by atoms with van der Waals surface area (Å²) in [5.74, 6) is 1.37. The lowest BCUT2D eigenvalue weighted by Crippen LogP contribution is -2.35. The SMILES string of the molecule is CN1CCC(Oc2ccc3[nH]c(-c4cc(Br)c[nH]c4=O)nc3c2)CC1. The summed E-state index contributed by atoms with van der Waals surface area (Å²) in [4.78, 5) is 24.8. The van der Waals surface area contributed by atoms with Crippen molar-refractivity contribution in [2.75, 3.05) is 20.1 Å². The monoisotopic (exact) mass is 402 g/mol. The van der Waals surface area contributed by atoms with E-state index in [4.69, 9.17) is 4.74 Å². The van der Waals surface area contributed by atoms with E-state index in [0.717, 1.165) is 47.2 Å². The van der Waals surface area contributed by atoms with Gasteiger partial charge in [-0.15, -0.1) is 0 Å². The third-order valence-corrected chi connectivity index (χ3v) is 5.00. The molecule has 0 atom stereocenters. The number of ether oxygens (including phenoxy) is 1. The highest BCUT2D eigenvalue weighted by atomic mass is 79.9. The number of halogens is 1. The number of fused-ring (bicyclic) bond motifs is 1. The minimum atomic E-state index is -0.176. The van der Waals surface area contributed by atoms with Gasteiger partial charge in [0.25, 0.3) is 5.56 Å². The molecule has 0 unspecified atom stereocenters. The van der Waals surface area contributed by atoms with Crippen molar-refractivity contribution in [3.63, 3.8) is 0 Å².